The third kappa shape index (κ3) is 3.52. The van der Waals surface area contributed by atoms with E-state index in [0.717, 1.165) is 25.6 Å². The molecule has 120 valence electrons. The lowest BCUT2D eigenvalue weighted by Gasteiger charge is -2.34. The zero-order chi connectivity index (χ0) is 15.5. The van der Waals surface area contributed by atoms with Gasteiger partial charge in [-0.2, -0.15) is 0 Å². The van der Waals surface area contributed by atoms with Crippen LogP contribution < -0.4 is 0 Å². The molecule has 3 rings (SSSR count). The quantitative estimate of drug-likeness (QED) is 0.857. The summed E-state index contributed by atoms with van der Waals surface area (Å²) in [7, 11) is 0. The van der Waals surface area contributed by atoms with Gasteiger partial charge in [-0.25, -0.2) is 0 Å². The fourth-order valence-corrected chi connectivity index (χ4v) is 4.03. The molecule has 2 aliphatic heterocycles. The molecule has 1 aromatic carbocycles. The molecule has 3 heteroatoms. The molecule has 0 radical (unpaired) electrons. The molecular weight excluding hydrogens is 272 g/mol. The lowest BCUT2D eigenvalue weighted by Crippen LogP contribution is -2.38. The van der Waals surface area contributed by atoms with Crippen molar-refractivity contribution in [3.05, 3.63) is 35.9 Å². The zero-order valence-electron chi connectivity index (χ0n) is 13.9. The lowest BCUT2D eigenvalue weighted by atomic mass is 9.88. The van der Waals surface area contributed by atoms with Gasteiger partial charge in [-0.3, -0.25) is 4.79 Å². The van der Waals surface area contributed by atoms with Crippen LogP contribution >= 0.6 is 0 Å². The first-order valence-corrected chi connectivity index (χ1v) is 8.66. The smallest absolute Gasteiger partial charge is 0.219 e. The van der Waals surface area contributed by atoms with Gasteiger partial charge in [0, 0.05) is 26.6 Å². The maximum absolute atomic E-state index is 11.5. The van der Waals surface area contributed by atoms with Gasteiger partial charge in [0.25, 0.3) is 0 Å². The number of hydrogen-bond acceptors (Lipinski definition) is 2. The summed E-state index contributed by atoms with van der Waals surface area (Å²) in [5.74, 6) is 2.25. The van der Waals surface area contributed by atoms with E-state index in [-0.39, 0.29) is 5.91 Å². The summed E-state index contributed by atoms with van der Waals surface area (Å²) in [4.78, 5) is 16.2. The monoisotopic (exact) mass is 300 g/mol. The number of nitrogens with zero attached hydrogens (tertiary/aromatic N) is 2. The molecule has 0 N–H and O–H groups in total. The van der Waals surface area contributed by atoms with Gasteiger partial charge in [0.2, 0.25) is 5.91 Å². The summed E-state index contributed by atoms with van der Waals surface area (Å²) >= 11 is 0. The minimum atomic E-state index is 0.233. The van der Waals surface area contributed by atoms with E-state index in [1.54, 1.807) is 6.92 Å². The maximum Gasteiger partial charge on any atom is 0.219 e. The Labute approximate surface area is 134 Å². The van der Waals surface area contributed by atoms with Gasteiger partial charge in [-0.1, -0.05) is 37.3 Å². The number of carbonyl (C=O) groups is 1. The number of likely N-dealkylation sites (tertiary alicyclic amines) is 2. The van der Waals surface area contributed by atoms with E-state index in [4.69, 9.17) is 0 Å². The molecule has 0 aromatic heterocycles. The number of benzene rings is 1. The first kappa shape index (κ1) is 15.5. The maximum atomic E-state index is 11.5. The Morgan fingerprint density at radius 3 is 2.41 bits per heavy atom. The molecule has 1 aromatic rings. The average Bonchev–Trinajstić information content (AvgIpc) is 2.90. The Kier molecular flexibility index (Phi) is 4.82. The molecule has 2 saturated heterocycles. The molecule has 0 unspecified atom stereocenters. The summed E-state index contributed by atoms with van der Waals surface area (Å²) < 4.78 is 0. The molecule has 3 nitrogen and oxygen atoms in total. The van der Waals surface area contributed by atoms with E-state index in [0.29, 0.717) is 11.8 Å². The van der Waals surface area contributed by atoms with Gasteiger partial charge in [0.15, 0.2) is 0 Å². The lowest BCUT2D eigenvalue weighted by molar-refractivity contribution is -0.128. The van der Waals surface area contributed by atoms with E-state index >= 15 is 0 Å². The highest BCUT2D eigenvalue weighted by molar-refractivity contribution is 5.73. The van der Waals surface area contributed by atoms with Crippen molar-refractivity contribution in [3.8, 4) is 0 Å². The van der Waals surface area contributed by atoms with Crippen LogP contribution in [0.3, 0.4) is 0 Å². The van der Waals surface area contributed by atoms with Gasteiger partial charge >= 0.3 is 0 Å². The third-order valence-corrected chi connectivity index (χ3v) is 5.56. The number of rotatable bonds is 3. The Morgan fingerprint density at radius 2 is 1.82 bits per heavy atom. The summed E-state index contributed by atoms with van der Waals surface area (Å²) in [5, 5.41) is 0. The minimum Gasteiger partial charge on any atom is -0.342 e. The highest BCUT2D eigenvalue weighted by Crippen LogP contribution is 2.30. The second kappa shape index (κ2) is 6.82. The van der Waals surface area contributed by atoms with Crippen LogP contribution in [0.4, 0.5) is 0 Å². The van der Waals surface area contributed by atoms with Crippen LogP contribution in [0.5, 0.6) is 0 Å². The molecule has 0 aliphatic carbocycles. The van der Waals surface area contributed by atoms with Crippen molar-refractivity contribution in [2.45, 2.75) is 32.6 Å². The molecule has 0 bridgehead atoms. The topological polar surface area (TPSA) is 23.6 Å². The number of carbonyl (C=O) groups excluding carboxylic acids is 1. The Balaban J connectivity index is 1.49. The first-order chi connectivity index (χ1) is 10.6. The molecule has 2 heterocycles. The Bertz CT molecular complexity index is 493. The fraction of sp³-hybridized carbons (Fsp3) is 0.632. The molecule has 2 fully saturated rings. The van der Waals surface area contributed by atoms with Crippen molar-refractivity contribution >= 4 is 5.91 Å². The molecule has 1 amide bonds. The molecule has 0 spiro atoms. The summed E-state index contributed by atoms with van der Waals surface area (Å²) in [6.07, 6.45) is 2.53. The van der Waals surface area contributed by atoms with Crippen molar-refractivity contribution in [1.82, 2.24) is 9.80 Å². The van der Waals surface area contributed by atoms with E-state index in [1.807, 2.05) is 4.90 Å². The molecular formula is C19H28N2O. The van der Waals surface area contributed by atoms with Gasteiger partial charge in [0.05, 0.1) is 0 Å². The van der Waals surface area contributed by atoms with Crippen molar-refractivity contribution < 1.29 is 4.79 Å². The van der Waals surface area contributed by atoms with Crippen molar-refractivity contribution in [1.29, 1.82) is 0 Å². The SMILES string of the molecule is CC(=O)N1C[C@@H](CN2CCC(c3ccccc3)CC2)[C@H](C)C1. The van der Waals surface area contributed by atoms with Gasteiger partial charge < -0.3 is 9.80 Å². The summed E-state index contributed by atoms with van der Waals surface area (Å²) in [5.41, 5.74) is 1.50. The minimum absolute atomic E-state index is 0.233. The van der Waals surface area contributed by atoms with E-state index in [2.05, 4.69) is 42.2 Å². The van der Waals surface area contributed by atoms with Crippen LogP contribution in [0.1, 0.15) is 38.2 Å². The molecule has 2 aliphatic rings. The van der Waals surface area contributed by atoms with Crippen LogP contribution in [0.15, 0.2) is 30.3 Å². The van der Waals surface area contributed by atoms with Crippen LogP contribution in [0.25, 0.3) is 0 Å². The highest BCUT2D eigenvalue weighted by atomic mass is 16.2. The normalized spacial score (nSPS) is 27.3. The molecule has 22 heavy (non-hydrogen) atoms. The summed E-state index contributed by atoms with van der Waals surface area (Å²) in [6, 6.07) is 10.9. The van der Waals surface area contributed by atoms with Crippen LogP contribution in [-0.4, -0.2) is 48.4 Å². The van der Waals surface area contributed by atoms with Gasteiger partial charge in [-0.05, 0) is 49.2 Å². The summed E-state index contributed by atoms with van der Waals surface area (Å²) in [6.45, 7) is 9.44. The predicted molar refractivity (Wildman–Crippen MR) is 89.8 cm³/mol. The zero-order valence-corrected chi connectivity index (χ0v) is 13.9. The van der Waals surface area contributed by atoms with Gasteiger partial charge in [-0.15, -0.1) is 0 Å². The van der Waals surface area contributed by atoms with Crippen LogP contribution in [0.2, 0.25) is 0 Å². The molecule has 2 atom stereocenters. The van der Waals surface area contributed by atoms with Crippen molar-refractivity contribution in [3.63, 3.8) is 0 Å². The largest absolute Gasteiger partial charge is 0.342 e. The first-order valence-electron chi connectivity index (χ1n) is 8.66. The number of piperidine rings is 1. The standard InChI is InChI=1S/C19H28N2O/c1-15-12-21(16(2)22)14-19(15)13-20-10-8-18(9-11-20)17-6-4-3-5-7-17/h3-7,15,18-19H,8-14H2,1-2H3/t15-,19-/m1/s1. The fourth-order valence-electron chi connectivity index (χ4n) is 4.03. The second-order valence-electron chi connectivity index (χ2n) is 7.15. The number of amides is 1. The predicted octanol–water partition coefficient (Wildman–Crippen LogP) is 2.98. The Morgan fingerprint density at radius 1 is 1.14 bits per heavy atom. The third-order valence-electron chi connectivity index (χ3n) is 5.56. The molecule has 0 saturated carbocycles. The average molecular weight is 300 g/mol. The van der Waals surface area contributed by atoms with E-state index in [9.17, 15) is 4.79 Å². The second-order valence-corrected chi connectivity index (χ2v) is 7.15. The highest BCUT2D eigenvalue weighted by Gasteiger charge is 2.33. The van der Waals surface area contributed by atoms with Crippen molar-refractivity contribution in [2.24, 2.45) is 11.8 Å². The van der Waals surface area contributed by atoms with Gasteiger partial charge in [0.1, 0.15) is 0 Å². The van der Waals surface area contributed by atoms with E-state index in [1.165, 1.54) is 31.5 Å². The van der Waals surface area contributed by atoms with Crippen molar-refractivity contribution in [2.75, 3.05) is 32.7 Å². The van der Waals surface area contributed by atoms with Crippen LogP contribution in [-0.2, 0) is 4.79 Å². The number of hydrogen-bond donors (Lipinski definition) is 0. The van der Waals surface area contributed by atoms with Crippen LogP contribution in [0, 0.1) is 11.8 Å². The van der Waals surface area contributed by atoms with E-state index < -0.39 is 0 Å². The Hall–Kier alpha value is -1.35.